The second-order valence-electron chi connectivity index (χ2n) is 1.93. The van der Waals surface area contributed by atoms with Crippen LogP contribution in [0.4, 0.5) is 0 Å². The van der Waals surface area contributed by atoms with E-state index in [2.05, 4.69) is 13.1 Å². The number of aromatic nitrogens is 2. The fourth-order valence-electron chi connectivity index (χ4n) is 0.675. The molecule has 0 N–H and O–H groups in total. The van der Waals surface area contributed by atoms with Crippen molar-refractivity contribution >= 4 is 7.98 Å². The molecule has 0 spiro atoms. The number of rotatable bonds is 0. The van der Waals surface area contributed by atoms with Crippen LogP contribution >= 0.6 is 0 Å². The van der Waals surface area contributed by atoms with Gasteiger partial charge in [0, 0.05) is 55.1 Å². The number of hydrogen-bond acceptors (Lipinski definition) is 1. The predicted octanol–water partition coefficient (Wildman–Crippen LogP) is 0.800. The largest absolute Gasteiger partial charge is 0.326 e. The Morgan fingerprint density at radius 1 is 1.50 bits per heavy atom. The van der Waals surface area contributed by atoms with Gasteiger partial charge in [0.2, 0.25) is 0 Å². The van der Waals surface area contributed by atoms with Gasteiger partial charge >= 0.3 is 0 Å². The molecule has 1 aromatic heterocycles. The van der Waals surface area contributed by atoms with Crippen LogP contribution in [-0.2, 0) is 0 Å². The summed E-state index contributed by atoms with van der Waals surface area (Å²) in [6.07, 6.45) is 0. The molecule has 1 heterocycles. The van der Waals surface area contributed by atoms with E-state index >= 15 is 0 Å². The van der Waals surface area contributed by atoms with E-state index in [1.54, 1.807) is 4.59 Å². The summed E-state index contributed by atoms with van der Waals surface area (Å²) in [5.74, 6) is 0. The van der Waals surface area contributed by atoms with E-state index < -0.39 is 0 Å². The third kappa shape index (κ3) is 3.31. The van der Waals surface area contributed by atoms with Crippen LogP contribution in [0.2, 0.25) is 0 Å². The first-order valence-electron chi connectivity index (χ1n) is 2.54. The van der Waals surface area contributed by atoms with E-state index in [9.17, 15) is 0 Å². The molecule has 0 aliphatic rings. The van der Waals surface area contributed by atoms with Crippen LogP contribution in [0.5, 0.6) is 0 Å². The maximum Gasteiger partial charge on any atom is 0.258 e. The third-order valence-electron chi connectivity index (χ3n) is 1.10. The van der Waals surface area contributed by atoms with Gasteiger partial charge in [-0.05, 0) is 19.9 Å². The fraction of sp³-hybridized carbons (Fsp3) is 0.500. The van der Waals surface area contributed by atoms with Crippen LogP contribution in [0, 0.1) is 63.2 Å². The van der Waals surface area contributed by atoms with E-state index in [1.165, 1.54) is 0 Å². The van der Waals surface area contributed by atoms with E-state index in [0.717, 1.165) is 11.4 Å². The van der Waals surface area contributed by atoms with Crippen LogP contribution in [-0.4, -0.2) is 17.7 Å². The number of aryl methyl sites for hydroxylation is 2. The van der Waals surface area contributed by atoms with Gasteiger partial charge in [0.25, 0.3) is 7.98 Å². The van der Waals surface area contributed by atoms with Crippen molar-refractivity contribution in [3.63, 3.8) is 0 Å². The quantitative estimate of drug-likeness (QED) is 0.640. The maximum absolute atomic E-state index is 4.02. The van der Waals surface area contributed by atoms with Crippen molar-refractivity contribution < 1.29 is 49.4 Å². The Bertz CT molecular complexity index is 178. The minimum atomic E-state index is 0. The fourth-order valence-corrected chi connectivity index (χ4v) is 0.675. The zero-order chi connectivity index (χ0) is 6.15. The molecule has 0 unspecified atom stereocenters. The van der Waals surface area contributed by atoms with Gasteiger partial charge in [0.05, 0.1) is 5.69 Å². The van der Waals surface area contributed by atoms with Crippen LogP contribution in [0.1, 0.15) is 18.8 Å². The standard InChI is InChI=1S/C5H8BN2.CH4.Eu/c1-4-3-5(2)8(6)7-4;;/h3,6H,1-2H3;1H4;. The first-order valence-corrected chi connectivity index (χ1v) is 2.54. The van der Waals surface area contributed by atoms with Crippen molar-refractivity contribution in [3.05, 3.63) is 17.5 Å². The molecule has 0 saturated heterocycles. The average molecular weight is 275 g/mol. The molecule has 0 bridgehead atoms. The number of hydrogen-bond donors (Lipinski definition) is 0. The molecular weight excluding hydrogens is 263 g/mol. The van der Waals surface area contributed by atoms with Crippen molar-refractivity contribution in [1.29, 1.82) is 0 Å². The van der Waals surface area contributed by atoms with Gasteiger partial charge in [-0.2, -0.15) is 5.10 Å². The zero-order valence-electron chi connectivity index (χ0n) is 5.56. The second-order valence-corrected chi connectivity index (χ2v) is 1.93. The molecule has 0 atom stereocenters. The molecule has 1 rings (SSSR count). The topological polar surface area (TPSA) is 17.8 Å². The summed E-state index contributed by atoms with van der Waals surface area (Å²) in [7, 11) is 3.65. The summed E-state index contributed by atoms with van der Waals surface area (Å²) in [4.78, 5) is 0. The molecule has 0 aromatic carbocycles. The average Bonchev–Trinajstić information content (AvgIpc) is 1.85. The maximum atomic E-state index is 4.02. The molecule has 10 heavy (non-hydrogen) atoms. The number of nitrogens with zero attached hydrogens (tertiary/aromatic N) is 2. The summed E-state index contributed by atoms with van der Waals surface area (Å²) in [6, 6.07) is 1.99. The van der Waals surface area contributed by atoms with Crippen molar-refractivity contribution in [1.82, 2.24) is 9.69 Å². The van der Waals surface area contributed by atoms with Crippen LogP contribution in [0.3, 0.4) is 0 Å². The first-order chi connectivity index (χ1) is 3.70. The molecule has 0 fully saturated rings. The molecule has 2 nitrogen and oxygen atoms in total. The summed E-state index contributed by atoms with van der Waals surface area (Å²) in [6.45, 7) is 3.93. The van der Waals surface area contributed by atoms with E-state index in [0.29, 0.717) is 0 Å². The molecule has 1 aromatic rings. The zero-order valence-corrected chi connectivity index (χ0v) is 7.98. The van der Waals surface area contributed by atoms with E-state index in [4.69, 9.17) is 0 Å². The summed E-state index contributed by atoms with van der Waals surface area (Å²) in [5.41, 5.74) is 2.13. The van der Waals surface area contributed by atoms with Gasteiger partial charge in [0.1, 0.15) is 0 Å². The van der Waals surface area contributed by atoms with Gasteiger partial charge in [-0.3, -0.25) is 0 Å². The molecule has 0 saturated carbocycles. The minimum Gasteiger partial charge on any atom is -0.326 e. The molecule has 0 amide bonds. The molecule has 0 aliphatic heterocycles. The Labute approximate surface area is 104 Å². The molecule has 0 aliphatic carbocycles. The molecule has 2 radical (unpaired) electrons. The smallest absolute Gasteiger partial charge is 0.258 e. The summed E-state index contributed by atoms with van der Waals surface area (Å²) >= 11 is 0. The van der Waals surface area contributed by atoms with Crippen molar-refractivity contribution in [2.24, 2.45) is 0 Å². The predicted molar refractivity (Wildman–Crippen MR) is 41.0 cm³/mol. The second kappa shape index (κ2) is 5.50. The SMILES string of the molecule is C.[BH]n1nc(C)cc1C.[Eu]. The van der Waals surface area contributed by atoms with Crippen molar-refractivity contribution in [3.8, 4) is 0 Å². The Morgan fingerprint density at radius 2 is 2.00 bits per heavy atom. The van der Waals surface area contributed by atoms with Crippen LogP contribution < -0.4 is 0 Å². The minimum absolute atomic E-state index is 0. The summed E-state index contributed by atoms with van der Waals surface area (Å²) < 4.78 is 1.62. The molecule has 56 valence electrons. The third-order valence-corrected chi connectivity index (χ3v) is 1.10. The molecular formula is C6H12BEuN2. The van der Waals surface area contributed by atoms with Gasteiger partial charge in [-0.15, -0.1) is 0 Å². The van der Waals surface area contributed by atoms with Crippen molar-refractivity contribution in [2.75, 3.05) is 0 Å². The van der Waals surface area contributed by atoms with Gasteiger partial charge in [-0.25, -0.2) is 0 Å². The Hall–Kier alpha value is 0.859. The van der Waals surface area contributed by atoms with Crippen LogP contribution in [0.25, 0.3) is 0 Å². The Balaban J connectivity index is 0. The van der Waals surface area contributed by atoms with Gasteiger partial charge in [-0.1, -0.05) is 7.43 Å². The first kappa shape index (κ1) is 13.4. The monoisotopic (exact) mass is 276 g/mol. The summed E-state index contributed by atoms with van der Waals surface area (Å²) in [5, 5.41) is 4.02. The van der Waals surface area contributed by atoms with Gasteiger partial charge < -0.3 is 4.59 Å². The Kier molecular flexibility index (Phi) is 7.40. The van der Waals surface area contributed by atoms with Crippen LogP contribution in [0.15, 0.2) is 6.07 Å². The van der Waals surface area contributed by atoms with E-state index in [1.807, 2.05) is 19.9 Å². The Morgan fingerprint density at radius 3 is 2.10 bits per heavy atom. The van der Waals surface area contributed by atoms with Gasteiger partial charge in [0.15, 0.2) is 0 Å². The normalized spacial score (nSPS) is 7.80. The van der Waals surface area contributed by atoms with E-state index in [-0.39, 0.29) is 56.8 Å². The molecule has 4 heteroatoms. The van der Waals surface area contributed by atoms with Crippen molar-refractivity contribution in [2.45, 2.75) is 21.3 Å².